The van der Waals surface area contributed by atoms with Gasteiger partial charge in [-0.2, -0.15) is 5.10 Å². The van der Waals surface area contributed by atoms with E-state index in [1.54, 1.807) is 17.8 Å². The van der Waals surface area contributed by atoms with E-state index in [1.807, 2.05) is 45.2 Å². The molecule has 0 atom stereocenters. The molecule has 0 spiro atoms. The number of carbonyl (C=O) groups excluding carboxylic acids is 1. The van der Waals surface area contributed by atoms with Gasteiger partial charge in [-0.1, -0.05) is 25.3 Å². The van der Waals surface area contributed by atoms with E-state index in [9.17, 15) is 4.79 Å². The molecule has 1 aromatic carbocycles. The van der Waals surface area contributed by atoms with Gasteiger partial charge in [0.15, 0.2) is 5.78 Å². The van der Waals surface area contributed by atoms with Gasteiger partial charge in [0.25, 0.3) is 0 Å². The molecule has 0 aliphatic heterocycles. The molecule has 2 aromatic rings. The Hall–Kier alpha value is -3.08. The fraction of sp³-hybridized carbons (Fsp3) is 0.200. The van der Waals surface area contributed by atoms with Gasteiger partial charge in [0.1, 0.15) is 0 Å². The predicted molar refractivity (Wildman–Crippen MR) is 106 cm³/mol. The number of anilines is 1. The maximum atomic E-state index is 11.6. The lowest BCUT2D eigenvalue weighted by Gasteiger charge is -2.15. The summed E-state index contributed by atoms with van der Waals surface area (Å²) in [5, 5.41) is 7.64. The highest BCUT2D eigenvalue weighted by molar-refractivity contribution is 5.95. The van der Waals surface area contributed by atoms with Gasteiger partial charge in [0.05, 0.1) is 11.4 Å². The highest BCUT2D eigenvalue weighted by Crippen LogP contribution is 2.28. The van der Waals surface area contributed by atoms with Crippen LogP contribution < -0.4 is 11.1 Å². The van der Waals surface area contributed by atoms with E-state index in [0.717, 1.165) is 28.1 Å². The topological polar surface area (TPSA) is 72.4 Å². The number of rotatable bonds is 6. The third kappa shape index (κ3) is 3.71. The lowest BCUT2D eigenvalue weighted by atomic mass is 10.1. The number of Topliss-reactive ketones (excluding diaryl/α,β-unsaturated/α-hetero) is 1. The summed E-state index contributed by atoms with van der Waals surface area (Å²) in [5.41, 5.74) is 12.1. The molecule has 0 saturated carbocycles. The molecule has 25 heavy (non-hydrogen) atoms. The van der Waals surface area contributed by atoms with Crippen molar-refractivity contribution in [3.8, 4) is 0 Å². The van der Waals surface area contributed by atoms with E-state index in [4.69, 9.17) is 5.73 Å². The van der Waals surface area contributed by atoms with Crippen molar-refractivity contribution in [1.82, 2.24) is 4.68 Å². The predicted octanol–water partition coefficient (Wildman–Crippen LogP) is 4.17. The summed E-state index contributed by atoms with van der Waals surface area (Å²) < 4.78 is 1.72. The summed E-state index contributed by atoms with van der Waals surface area (Å²) in [6.45, 7) is 15.3. The summed E-state index contributed by atoms with van der Waals surface area (Å²) in [7, 11) is 0. The zero-order valence-corrected chi connectivity index (χ0v) is 15.2. The molecular weight excluding hydrogens is 312 g/mol. The van der Waals surface area contributed by atoms with Gasteiger partial charge < -0.3 is 11.1 Å². The normalized spacial score (nSPS) is 10.9. The molecule has 0 aliphatic carbocycles. The number of hydrogen-bond donors (Lipinski definition) is 2. The van der Waals surface area contributed by atoms with Crippen LogP contribution in [0.1, 0.15) is 46.6 Å². The first-order chi connectivity index (χ1) is 11.8. The number of nitrogens with zero attached hydrogens (tertiary/aromatic N) is 2. The molecule has 0 unspecified atom stereocenters. The van der Waals surface area contributed by atoms with Crippen LogP contribution in [-0.2, 0) is 0 Å². The lowest BCUT2D eigenvalue weighted by Crippen LogP contribution is -2.06. The molecule has 3 N–H and O–H groups in total. The zero-order chi connectivity index (χ0) is 18.7. The van der Waals surface area contributed by atoms with Crippen molar-refractivity contribution in [3.05, 3.63) is 65.5 Å². The van der Waals surface area contributed by atoms with Crippen molar-refractivity contribution < 1.29 is 4.79 Å². The first kappa shape index (κ1) is 18.3. The van der Waals surface area contributed by atoms with Crippen LogP contribution in [-0.4, -0.2) is 16.7 Å². The van der Waals surface area contributed by atoms with Gasteiger partial charge in [-0.25, -0.2) is 4.68 Å². The second kappa shape index (κ2) is 7.21. The Balaban J connectivity index is 2.47. The average Bonchev–Trinajstić information content (AvgIpc) is 2.86. The number of aryl methyl sites for hydroxylation is 1. The maximum absolute atomic E-state index is 11.6. The Morgan fingerprint density at radius 2 is 2.00 bits per heavy atom. The van der Waals surface area contributed by atoms with Gasteiger partial charge >= 0.3 is 0 Å². The SMILES string of the molecule is C=C(N)c1cn(/N=C\C)c(C(=C)Nc2cc(C(C)=O)ccc2C)c1C. The van der Waals surface area contributed by atoms with Crippen molar-refractivity contribution in [2.75, 3.05) is 5.32 Å². The largest absolute Gasteiger partial charge is 0.399 e. The number of aromatic nitrogens is 1. The number of nitrogens with one attached hydrogen (secondary N) is 1. The standard InChI is InChI=1S/C20H24N4O/c1-7-22-24-11-18(14(4)21)13(3)20(24)15(5)23-19-10-17(16(6)25)9-8-12(19)2/h7-11,23H,4-5,21H2,1-3,6H3/b22-7-. The van der Waals surface area contributed by atoms with Crippen LogP contribution in [0.25, 0.3) is 11.4 Å². The Labute approximate surface area is 148 Å². The van der Waals surface area contributed by atoms with Gasteiger partial charge in [0.2, 0.25) is 0 Å². The van der Waals surface area contributed by atoms with Crippen LogP contribution in [0.5, 0.6) is 0 Å². The van der Waals surface area contributed by atoms with Crippen molar-refractivity contribution >= 4 is 29.1 Å². The third-order valence-electron chi connectivity index (χ3n) is 4.04. The molecule has 0 fully saturated rings. The molecule has 0 amide bonds. The zero-order valence-electron chi connectivity index (χ0n) is 15.2. The van der Waals surface area contributed by atoms with Crippen LogP contribution >= 0.6 is 0 Å². The summed E-state index contributed by atoms with van der Waals surface area (Å²) in [5.74, 6) is 0.0190. The molecule has 1 heterocycles. The molecule has 0 bridgehead atoms. The Kier molecular flexibility index (Phi) is 5.27. The molecular formula is C20H24N4O. The number of benzene rings is 1. The fourth-order valence-electron chi connectivity index (χ4n) is 2.68. The summed E-state index contributed by atoms with van der Waals surface area (Å²) >= 11 is 0. The number of ketones is 1. The summed E-state index contributed by atoms with van der Waals surface area (Å²) in [4.78, 5) is 11.6. The van der Waals surface area contributed by atoms with Crippen molar-refractivity contribution in [3.63, 3.8) is 0 Å². The lowest BCUT2D eigenvalue weighted by molar-refractivity contribution is 0.101. The van der Waals surface area contributed by atoms with Crippen LogP contribution in [0.3, 0.4) is 0 Å². The molecule has 130 valence electrons. The third-order valence-corrected chi connectivity index (χ3v) is 4.04. The fourth-order valence-corrected chi connectivity index (χ4v) is 2.68. The molecule has 1 aromatic heterocycles. The smallest absolute Gasteiger partial charge is 0.159 e. The first-order valence-electron chi connectivity index (χ1n) is 7.99. The average molecular weight is 336 g/mol. The molecule has 0 saturated heterocycles. The van der Waals surface area contributed by atoms with E-state index in [1.165, 1.54) is 0 Å². The van der Waals surface area contributed by atoms with Crippen molar-refractivity contribution in [2.24, 2.45) is 10.8 Å². The van der Waals surface area contributed by atoms with Crippen LogP contribution in [0.4, 0.5) is 5.69 Å². The molecule has 5 nitrogen and oxygen atoms in total. The first-order valence-corrected chi connectivity index (χ1v) is 7.99. The van der Waals surface area contributed by atoms with Gasteiger partial charge in [-0.15, -0.1) is 0 Å². The van der Waals surface area contributed by atoms with Gasteiger partial charge in [-0.05, 0) is 44.9 Å². The van der Waals surface area contributed by atoms with Crippen molar-refractivity contribution in [1.29, 1.82) is 0 Å². The molecule has 2 rings (SSSR count). The summed E-state index contributed by atoms with van der Waals surface area (Å²) in [6.07, 6.45) is 3.53. The monoisotopic (exact) mass is 336 g/mol. The van der Waals surface area contributed by atoms with Crippen molar-refractivity contribution in [2.45, 2.75) is 27.7 Å². The molecule has 5 heteroatoms. The number of nitrogens with two attached hydrogens (primary N) is 1. The number of hydrogen-bond acceptors (Lipinski definition) is 4. The second-order valence-corrected chi connectivity index (χ2v) is 5.95. The maximum Gasteiger partial charge on any atom is 0.159 e. The Bertz CT molecular complexity index is 887. The van der Waals surface area contributed by atoms with Gasteiger partial charge in [0, 0.05) is 34.9 Å². The van der Waals surface area contributed by atoms with E-state index < -0.39 is 0 Å². The minimum absolute atomic E-state index is 0.0190. The van der Waals surface area contributed by atoms with E-state index in [-0.39, 0.29) is 5.78 Å². The van der Waals surface area contributed by atoms with E-state index in [0.29, 0.717) is 17.0 Å². The minimum atomic E-state index is 0.0190. The minimum Gasteiger partial charge on any atom is -0.399 e. The van der Waals surface area contributed by atoms with E-state index >= 15 is 0 Å². The molecule has 0 radical (unpaired) electrons. The number of carbonyl (C=O) groups is 1. The Morgan fingerprint density at radius 1 is 1.32 bits per heavy atom. The quantitative estimate of drug-likeness (QED) is 0.614. The molecule has 0 aliphatic rings. The van der Waals surface area contributed by atoms with Gasteiger partial charge in [-0.3, -0.25) is 4.79 Å². The second-order valence-electron chi connectivity index (χ2n) is 5.95. The van der Waals surface area contributed by atoms with Crippen LogP contribution in [0, 0.1) is 13.8 Å². The van der Waals surface area contributed by atoms with Crippen LogP contribution in [0.2, 0.25) is 0 Å². The van der Waals surface area contributed by atoms with Crippen LogP contribution in [0.15, 0.2) is 42.7 Å². The van der Waals surface area contributed by atoms with E-state index in [2.05, 4.69) is 23.6 Å². The Morgan fingerprint density at radius 3 is 2.56 bits per heavy atom. The highest BCUT2D eigenvalue weighted by Gasteiger charge is 2.16. The highest BCUT2D eigenvalue weighted by atomic mass is 16.1. The summed E-state index contributed by atoms with van der Waals surface area (Å²) in [6, 6.07) is 5.56.